The highest BCUT2D eigenvalue weighted by Crippen LogP contribution is 2.58. The van der Waals surface area contributed by atoms with Gasteiger partial charge in [0.2, 0.25) is 0 Å². The molecule has 0 unspecified atom stereocenters. The quantitative estimate of drug-likeness (QED) is 0.614. The number of cyclic esters (lactones) is 1. The summed E-state index contributed by atoms with van der Waals surface area (Å²) >= 11 is 0. The van der Waals surface area contributed by atoms with Gasteiger partial charge in [0.05, 0.1) is 25.7 Å². The van der Waals surface area contributed by atoms with Gasteiger partial charge >= 0.3 is 5.97 Å². The Morgan fingerprint density at radius 3 is 2.72 bits per heavy atom. The number of esters is 1. The van der Waals surface area contributed by atoms with Crippen LogP contribution in [0.2, 0.25) is 0 Å². The Kier molecular flexibility index (Phi) is 2.31. The number of rotatable bonds is 0. The van der Waals surface area contributed by atoms with Gasteiger partial charge in [0.15, 0.2) is 5.79 Å². The lowest BCUT2D eigenvalue weighted by Crippen LogP contribution is -2.39. The van der Waals surface area contributed by atoms with Crippen molar-refractivity contribution in [3.63, 3.8) is 0 Å². The van der Waals surface area contributed by atoms with Gasteiger partial charge in [-0.25, -0.2) is 0 Å². The predicted molar refractivity (Wildman–Crippen MR) is 62.6 cm³/mol. The zero-order valence-corrected chi connectivity index (χ0v) is 10.8. The molecule has 2 saturated carbocycles. The van der Waals surface area contributed by atoms with Crippen LogP contribution in [0.4, 0.5) is 0 Å². The fourth-order valence-electron chi connectivity index (χ4n) is 4.45. The van der Waals surface area contributed by atoms with Crippen LogP contribution in [0.15, 0.2) is 0 Å². The first-order valence-corrected chi connectivity index (χ1v) is 7.13. The van der Waals surface area contributed by atoms with Crippen LogP contribution in [0.3, 0.4) is 0 Å². The highest BCUT2D eigenvalue weighted by Gasteiger charge is 2.59. The van der Waals surface area contributed by atoms with E-state index in [1.54, 1.807) is 0 Å². The summed E-state index contributed by atoms with van der Waals surface area (Å²) in [6, 6.07) is 0. The maximum atomic E-state index is 11.9. The second kappa shape index (κ2) is 3.70. The van der Waals surface area contributed by atoms with Crippen LogP contribution in [0, 0.1) is 29.6 Å². The van der Waals surface area contributed by atoms with Gasteiger partial charge in [0, 0.05) is 18.8 Å². The Morgan fingerprint density at radius 2 is 1.94 bits per heavy atom. The molecule has 0 amide bonds. The Labute approximate surface area is 107 Å². The van der Waals surface area contributed by atoms with E-state index >= 15 is 0 Å². The summed E-state index contributed by atoms with van der Waals surface area (Å²) in [4.78, 5) is 11.9. The summed E-state index contributed by atoms with van der Waals surface area (Å²) < 4.78 is 17.1. The van der Waals surface area contributed by atoms with Crippen molar-refractivity contribution in [2.75, 3.05) is 19.8 Å². The monoisotopic (exact) mass is 252 g/mol. The molecule has 0 radical (unpaired) electrons. The number of hydrogen-bond donors (Lipinski definition) is 0. The summed E-state index contributed by atoms with van der Waals surface area (Å²) in [5.74, 6) is 1.84. The third kappa shape index (κ3) is 1.55. The van der Waals surface area contributed by atoms with Crippen molar-refractivity contribution in [3.05, 3.63) is 0 Å². The molecule has 2 heterocycles. The van der Waals surface area contributed by atoms with E-state index in [2.05, 4.69) is 6.92 Å². The van der Waals surface area contributed by atoms with E-state index in [0.717, 1.165) is 12.8 Å². The highest BCUT2D eigenvalue weighted by molar-refractivity contribution is 5.75. The molecule has 4 aliphatic rings. The molecule has 0 N–H and O–H groups in total. The topological polar surface area (TPSA) is 44.8 Å². The zero-order valence-electron chi connectivity index (χ0n) is 10.8. The van der Waals surface area contributed by atoms with Gasteiger partial charge in [-0.1, -0.05) is 6.92 Å². The van der Waals surface area contributed by atoms with E-state index in [0.29, 0.717) is 43.5 Å². The molecule has 18 heavy (non-hydrogen) atoms. The molecular weight excluding hydrogens is 232 g/mol. The minimum atomic E-state index is -0.427. The first-order chi connectivity index (χ1) is 8.69. The Balaban J connectivity index is 1.65. The number of ether oxygens (including phenoxy) is 3. The second-order valence-electron chi connectivity index (χ2n) is 6.47. The number of carbonyl (C=O) groups excluding carboxylic acids is 1. The molecule has 2 aliphatic carbocycles. The summed E-state index contributed by atoms with van der Waals surface area (Å²) in [5.41, 5.74) is 0. The highest BCUT2D eigenvalue weighted by atomic mass is 16.7. The van der Waals surface area contributed by atoms with E-state index in [-0.39, 0.29) is 11.9 Å². The van der Waals surface area contributed by atoms with Crippen LogP contribution < -0.4 is 0 Å². The average Bonchev–Trinajstić information content (AvgIpc) is 2.84. The summed E-state index contributed by atoms with van der Waals surface area (Å²) in [6.07, 6.45) is 3.00. The third-order valence-electron chi connectivity index (χ3n) is 5.32. The van der Waals surface area contributed by atoms with Gasteiger partial charge in [-0.2, -0.15) is 0 Å². The number of carbonyl (C=O) groups is 1. The molecule has 4 heteroatoms. The van der Waals surface area contributed by atoms with Crippen LogP contribution in [-0.2, 0) is 19.0 Å². The molecule has 2 saturated heterocycles. The normalized spacial score (nSPS) is 49.2. The molecule has 1 spiro atoms. The first-order valence-electron chi connectivity index (χ1n) is 7.13. The van der Waals surface area contributed by atoms with E-state index in [1.165, 1.54) is 6.42 Å². The maximum absolute atomic E-state index is 11.9. The molecule has 4 fully saturated rings. The van der Waals surface area contributed by atoms with E-state index < -0.39 is 5.79 Å². The van der Waals surface area contributed by atoms with Crippen LogP contribution in [0.25, 0.3) is 0 Å². The van der Waals surface area contributed by atoms with E-state index in [4.69, 9.17) is 14.2 Å². The van der Waals surface area contributed by atoms with E-state index in [1.807, 2.05) is 0 Å². The van der Waals surface area contributed by atoms with Gasteiger partial charge < -0.3 is 14.2 Å². The standard InChI is InChI=1S/C14H20O4/c1-8-5-14(17-2-3-18-14)6-9-7-16-13(15)12(9)11-4-10(8)11/h8-12H,2-7H2,1H3/t8-,9+,10+,11+,12+/m1/s1. The third-order valence-corrected chi connectivity index (χ3v) is 5.32. The van der Waals surface area contributed by atoms with Gasteiger partial charge in [0.1, 0.15) is 0 Å². The van der Waals surface area contributed by atoms with Crippen LogP contribution in [0.5, 0.6) is 0 Å². The minimum Gasteiger partial charge on any atom is -0.465 e. The van der Waals surface area contributed by atoms with Crippen molar-refractivity contribution in [2.45, 2.75) is 32.0 Å². The van der Waals surface area contributed by atoms with Crippen molar-refractivity contribution in [3.8, 4) is 0 Å². The van der Waals surface area contributed by atoms with Gasteiger partial charge in [-0.05, 0) is 24.2 Å². The Morgan fingerprint density at radius 1 is 1.17 bits per heavy atom. The van der Waals surface area contributed by atoms with E-state index in [9.17, 15) is 4.79 Å². The molecule has 2 aliphatic heterocycles. The fraction of sp³-hybridized carbons (Fsp3) is 0.929. The smallest absolute Gasteiger partial charge is 0.309 e. The van der Waals surface area contributed by atoms with Crippen molar-refractivity contribution >= 4 is 5.97 Å². The van der Waals surface area contributed by atoms with Crippen LogP contribution in [0.1, 0.15) is 26.2 Å². The van der Waals surface area contributed by atoms with Crippen molar-refractivity contribution in [1.82, 2.24) is 0 Å². The second-order valence-corrected chi connectivity index (χ2v) is 6.47. The molecule has 100 valence electrons. The van der Waals surface area contributed by atoms with Crippen LogP contribution >= 0.6 is 0 Å². The van der Waals surface area contributed by atoms with Crippen molar-refractivity contribution in [2.24, 2.45) is 29.6 Å². The van der Waals surface area contributed by atoms with Gasteiger partial charge in [0.25, 0.3) is 0 Å². The summed E-state index contributed by atoms with van der Waals surface area (Å²) in [6.45, 7) is 4.22. The maximum Gasteiger partial charge on any atom is 0.309 e. The van der Waals surface area contributed by atoms with Crippen LogP contribution in [-0.4, -0.2) is 31.6 Å². The minimum absolute atomic E-state index is 0.0229. The summed E-state index contributed by atoms with van der Waals surface area (Å²) in [5, 5.41) is 0. The number of fused-ring (bicyclic) bond motifs is 3. The lowest BCUT2D eigenvalue weighted by atomic mass is 9.78. The lowest BCUT2D eigenvalue weighted by molar-refractivity contribution is -0.187. The molecule has 0 bridgehead atoms. The zero-order chi connectivity index (χ0) is 12.3. The SMILES string of the molecule is C[C@@H]1CC2(C[C@H]3COC(=O)[C@@H]3[C@H]3C[C@H]31)OCCO2. The molecule has 0 aromatic heterocycles. The molecule has 0 aromatic carbocycles. The Hall–Kier alpha value is -0.610. The molecule has 5 atom stereocenters. The molecule has 4 nitrogen and oxygen atoms in total. The fourth-order valence-corrected chi connectivity index (χ4v) is 4.45. The molecule has 0 aromatic rings. The average molecular weight is 252 g/mol. The largest absolute Gasteiger partial charge is 0.465 e. The molecule has 4 rings (SSSR count). The Bertz CT molecular complexity index is 374. The lowest BCUT2D eigenvalue weighted by Gasteiger charge is -2.35. The van der Waals surface area contributed by atoms with Gasteiger partial charge in [-0.15, -0.1) is 0 Å². The summed E-state index contributed by atoms with van der Waals surface area (Å²) in [7, 11) is 0. The van der Waals surface area contributed by atoms with Crippen molar-refractivity contribution < 1.29 is 19.0 Å². The first kappa shape index (κ1) is 11.2. The number of hydrogen-bond acceptors (Lipinski definition) is 4. The molecular formula is C14H20O4. The van der Waals surface area contributed by atoms with Crippen molar-refractivity contribution in [1.29, 1.82) is 0 Å². The van der Waals surface area contributed by atoms with Gasteiger partial charge in [-0.3, -0.25) is 4.79 Å². The predicted octanol–water partition coefficient (Wildman–Crippen LogP) is 1.58.